The Morgan fingerprint density at radius 1 is 1.50 bits per heavy atom. The molecule has 1 aromatic heterocycles. The first kappa shape index (κ1) is 11.2. The Morgan fingerprint density at radius 3 is 2.75 bits per heavy atom. The van der Waals surface area contributed by atoms with Crippen LogP contribution in [0.25, 0.3) is 0 Å². The Hall–Kier alpha value is -1.26. The van der Waals surface area contributed by atoms with Gasteiger partial charge in [0.1, 0.15) is 5.82 Å². The molecule has 2 unspecified atom stereocenters. The molecule has 0 aromatic carbocycles. The van der Waals surface area contributed by atoms with Crippen LogP contribution in [0.5, 0.6) is 0 Å². The number of halogens is 3. The second-order valence-corrected chi connectivity index (χ2v) is 4.25. The molecule has 0 amide bonds. The van der Waals surface area contributed by atoms with Crippen molar-refractivity contribution < 1.29 is 13.2 Å². The van der Waals surface area contributed by atoms with Gasteiger partial charge in [-0.05, 0) is 30.4 Å². The van der Waals surface area contributed by atoms with Crippen LogP contribution in [-0.2, 0) is 6.18 Å². The lowest BCUT2D eigenvalue weighted by molar-refractivity contribution is -0.137. The van der Waals surface area contributed by atoms with Crippen LogP contribution in [0.2, 0.25) is 0 Å². The highest BCUT2D eigenvalue weighted by molar-refractivity contribution is 5.45. The molecule has 1 aliphatic carbocycles. The van der Waals surface area contributed by atoms with Crippen molar-refractivity contribution in [3.63, 3.8) is 0 Å². The number of nitrogens with zero attached hydrogens (tertiary/aromatic N) is 1. The van der Waals surface area contributed by atoms with E-state index < -0.39 is 11.7 Å². The van der Waals surface area contributed by atoms with Crippen LogP contribution in [-0.4, -0.2) is 11.5 Å². The first-order valence-electron chi connectivity index (χ1n) is 5.24. The van der Waals surface area contributed by atoms with Gasteiger partial charge < -0.3 is 5.32 Å². The van der Waals surface area contributed by atoms with E-state index in [2.05, 4.69) is 17.2 Å². The van der Waals surface area contributed by atoms with Crippen molar-refractivity contribution in [2.24, 2.45) is 11.8 Å². The zero-order valence-corrected chi connectivity index (χ0v) is 8.88. The van der Waals surface area contributed by atoms with E-state index in [1.165, 1.54) is 12.3 Å². The Kier molecular flexibility index (Phi) is 2.78. The monoisotopic (exact) mass is 230 g/mol. The molecule has 16 heavy (non-hydrogen) atoms. The van der Waals surface area contributed by atoms with E-state index in [1.807, 2.05) is 0 Å². The van der Waals surface area contributed by atoms with Gasteiger partial charge in [-0.25, -0.2) is 4.98 Å². The van der Waals surface area contributed by atoms with Crippen LogP contribution in [0.1, 0.15) is 18.9 Å². The first-order chi connectivity index (χ1) is 7.48. The molecule has 1 heterocycles. The molecule has 1 fully saturated rings. The van der Waals surface area contributed by atoms with Crippen LogP contribution >= 0.6 is 0 Å². The van der Waals surface area contributed by atoms with Crippen molar-refractivity contribution >= 4 is 5.82 Å². The Morgan fingerprint density at radius 2 is 2.19 bits per heavy atom. The summed E-state index contributed by atoms with van der Waals surface area (Å²) in [6.45, 7) is 2.66. The van der Waals surface area contributed by atoms with E-state index in [1.54, 1.807) is 0 Å². The van der Waals surface area contributed by atoms with Crippen LogP contribution in [0.15, 0.2) is 18.3 Å². The largest absolute Gasteiger partial charge is 0.419 e. The van der Waals surface area contributed by atoms with Gasteiger partial charge in [0.15, 0.2) is 0 Å². The predicted molar refractivity (Wildman–Crippen MR) is 55.0 cm³/mol. The molecule has 2 atom stereocenters. The van der Waals surface area contributed by atoms with Crippen molar-refractivity contribution in [1.82, 2.24) is 4.98 Å². The minimum absolute atomic E-state index is 0.0610. The number of rotatable bonds is 3. The van der Waals surface area contributed by atoms with E-state index in [-0.39, 0.29) is 5.82 Å². The molecule has 1 aliphatic rings. The number of alkyl halides is 3. The van der Waals surface area contributed by atoms with Gasteiger partial charge in [-0.1, -0.05) is 6.92 Å². The van der Waals surface area contributed by atoms with Gasteiger partial charge in [-0.2, -0.15) is 13.2 Å². The average molecular weight is 230 g/mol. The van der Waals surface area contributed by atoms with Crippen molar-refractivity contribution in [2.45, 2.75) is 19.5 Å². The van der Waals surface area contributed by atoms with Crippen molar-refractivity contribution in [2.75, 3.05) is 11.9 Å². The second kappa shape index (κ2) is 3.96. The lowest BCUT2D eigenvalue weighted by Gasteiger charge is -2.12. The highest BCUT2D eigenvalue weighted by Gasteiger charge is 2.36. The average Bonchev–Trinajstić information content (AvgIpc) is 2.91. The number of pyridine rings is 1. The van der Waals surface area contributed by atoms with Crippen molar-refractivity contribution in [3.05, 3.63) is 23.9 Å². The number of aromatic nitrogens is 1. The van der Waals surface area contributed by atoms with Gasteiger partial charge in [0.05, 0.1) is 5.56 Å². The van der Waals surface area contributed by atoms with Gasteiger partial charge in [0, 0.05) is 12.7 Å². The summed E-state index contributed by atoms with van der Waals surface area (Å²) in [4.78, 5) is 3.74. The molecular weight excluding hydrogens is 217 g/mol. The Balaban J connectivity index is 2.07. The van der Waals surface area contributed by atoms with E-state index >= 15 is 0 Å². The fourth-order valence-corrected chi connectivity index (χ4v) is 1.69. The minimum Gasteiger partial charge on any atom is -0.369 e. The normalized spacial score (nSPS) is 24.2. The standard InChI is InChI=1S/C11H13F3N2/c1-7-5-8(7)6-16-10-9(11(12,13)14)3-2-4-15-10/h2-4,7-8H,5-6H2,1H3,(H,15,16). The third kappa shape index (κ3) is 2.46. The maximum absolute atomic E-state index is 12.6. The van der Waals surface area contributed by atoms with Crippen LogP contribution < -0.4 is 5.32 Å². The summed E-state index contributed by atoms with van der Waals surface area (Å²) in [7, 11) is 0. The minimum atomic E-state index is -4.34. The summed E-state index contributed by atoms with van der Waals surface area (Å²) in [6.07, 6.45) is -1.89. The quantitative estimate of drug-likeness (QED) is 0.862. The van der Waals surface area contributed by atoms with Crippen molar-refractivity contribution in [3.8, 4) is 0 Å². The molecule has 0 bridgehead atoms. The highest BCUT2D eigenvalue weighted by Crippen LogP contribution is 2.38. The van der Waals surface area contributed by atoms with Gasteiger partial charge in [-0.3, -0.25) is 0 Å². The lowest BCUT2D eigenvalue weighted by Crippen LogP contribution is -2.14. The molecular formula is C11H13F3N2. The number of hydrogen-bond acceptors (Lipinski definition) is 2. The van der Waals surface area contributed by atoms with E-state index in [9.17, 15) is 13.2 Å². The molecule has 88 valence electrons. The summed E-state index contributed by atoms with van der Waals surface area (Å²) in [5, 5.41) is 2.78. The summed E-state index contributed by atoms with van der Waals surface area (Å²) >= 11 is 0. The maximum atomic E-state index is 12.6. The summed E-state index contributed by atoms with van der Waals surface area (Å²) in [6, 6.07) is 2.35. The number of nitrogens with one attached hydrogen (secondary N) is 1. The summed E-state index contributed by atoms with van der Waals surface area (Å²) in [5.41, 5.74) is -0.691. The van der Waals surface area contributed by atoms with Gasteiger partial charge >= 0.3 is 6.18 Å². The molecule has 1 N–H and O–H groups in total. The Bertz CT molecular complexity index is 376. The van der Waals surface area contributed by atoms with Crippen molar-refractivity contribution in [1.29, 1.82) is 0 Å². The second-order valence-electron chi connectivity index (χ2n) is 4.25. The maximum Gasteiger partial charge on any atom is 0.419 e. The molecule has 2 nitrogen and oxygen atoms in total. The third-order valence-electron chi connectivity index (χ3n) is 2.92. The zero-order valence-electron chi connectivity index (χ0n) is 8.88. The van der Waals surface area contributed by atoms with E-state index in [0.717, 1.165) is 12.5 Å². The number of hydrogen-bond donors (Lipinski definition) is 1. The highest BCUT2D eigenvalue weighted by atomic mass is 19.4. The number of anilines is 1. The summed E-state index contributed by atoms with van der Waals surface area (Å²) < 4.78 is 37.8. The van der Waals surface area contributed by atoms with E-state index in [0.29, 0.717) is 18.4 Å². The lowest BCUT2D eigenvalue weighted by atomic mass is 10.2. The van der Waals surface area contributed by atoms with E-state index in [4.69, 9.17) is 0 Å². The fourth-order valence-electron chi connectivity index (χ4n) is 1.69. The summed E-state index contributed by atoms with van der Waals surface area (Å²) in [5.74, 6) is 1.04. The smallest absolute Gasteiger partial charge is 0.369 e. The molecule has 0 spiro atoms. The van der Waals surface area contributed by atoms with Crippen LogP contribution in [0.3, 0.4) is 0 Å². The molecule has 1 saturated carbocycles. The van der Waals surface area contributed by atoms with Gasteiger partial charge in [0.2, 0.25) is 0 Å². The molecule has 5 heteroatoms. The molecule has 2 rings (SSSR count). The zero-order chi connectivity index (χ0) is 11.8. The van der Waals surface area contributed by atoms with Gasteiger partial charge in [0.25, 0.3) is 0 Å². The molecule has 1 aromatic rings. The Labute approximate surface area is 91.9 Å². The fraction of sp³-hybridized carbons (Fsp3) is 0.545. The first-order valence-corrected chi connectivity index (χ1v) is 5.24. The predicted octanol–water partition coefficient (Wildman–Crippen LogP) is 3.17. The van der Waals surface area contributed by atoms with Gasteiger partial charge in [-0.15, -0.1) is 0 Å². The topological polar surface area (TPSA) is 24.9 Å². The molecule has 0 saturated heterocycles. The molecule has 0 radical (unpaired) electrons. The molecule has 0 aliphatic heterocycles. The van der Waals surface area contributed by atoms with Crippen LogP contribution in [0, 0.1) is 11.8 Å². The SMILES string of the molecule is CC1CC1CNc1ncccc1C(F)(F)F. The van der Waals surface area contributed by atoms with Crippen LogP contribution in [0.4, 0.5) is 19.0 Å². The third-order valence-corrected chi connectivity index (χ3v) is 2.92.